The lowest BCUT2D eigenvalue weighted by Gasteiger charge is -2.35. The van der Waals surface area contributed by atoms with E-state index in [0.717, 1.165) is 48.1 Å². The van der Waals surface area contributed by atoms with Crippen molar-refractivity contribution in [1.82, 2.24) is 31.2 Å². The molecule has 5 N–H and O–H groups in total. The Morgan fingerprint density at radius 2 is 1.83 bits per heavy atom. The van der Waals surface area contributed by atoms with Crippen molar-refractivity contribution < 1.29 is 19.1 Å². The minimum absolute atomic E-state index is 0.329. The summed E-state index contributed by atoms with van der Waals surface area (Å²) in [7, 11) is 3.29. The maximum Gasteiger partial charge on any atom is 0.249 e. The molecule has 0 bridgehead atoms. The van der Waals surface area contributed by atoms with Crippen LogP contribution in [0.15, 0.2) is 18.5 Å². The Hall–Kier alpha value is -3.31. The number of anilines is 1. The van der Waals surface area contributed by atoms with Gasteiger partial charge in [0.05, 0.1) is 24.7 Å². The van der Waals surface area contributed by atoms with Gasteiger partial charge in [0.25, 0.3) is 0 Å². The summed E-state index contributed by atoms with van der Waals surface area (Å²) < 4.78 is 5.76. The van der Waals surface area contributed by atoms with Crippen LogP contribution in [-0.4, -0.2) is 72.6 Å². The lowest BCUT2D eigenvalue weighted by Crippen LogP contribution is -2.59. The first-order chi connectivity index (χ1) is 19.6. The quantitative estimate of drug-likeness (QED) is 0.276. The third-order valence-electron chi connectivity index (χ3n) is 8.41. The maximum absolute atomic E-state index is 13.6. The molecule has 2 aromatic rings. The summed E-state index contributed by atoms with van der Waals surface area (Å²) in [5.74, 6) is 0.179. The third-order valence-corrected chi connectivity index (χ3v) is 8.41. The van der Waals surface area contributed by atoms with Gasteiger partial charge >= 0.3 is 0 Å². The highest BCUT2D eigenvalue weighted by atomic mass is 16.5. The molecule has 1 saturated carbocycles. The monoisotopic (exact) mass is 567 g/mol. The molecular weight excluding hydrogens is 522 g/mol. The first-order valence-corrected chi connectivity index (χ1v) is 14.8. The van der Waals surface area contributed by atoms with Crippen molar-refractivity contribution in [3.05, 3.63) is 24.0 Å². The molecule has 2 aliphatic rings. The van der Waals surface area contributed by atoms with Gasteiger partial charge in [-0.25, -0.2) is 9.97 Å². The first-order valence-electron chi connectivity index (χ1n) is 14.8. The molecule has 1 saturated heterocycles. The van der Waals surface area contributed by atoms with Crippen LogP contribution in [0, 0.1) is 5.41 Å². The molecule has 1 aliphatic carbocycles. The van der Waals surface area contributed by atoms with Crippen molar-refractivity contribution >= 4 is 34.4 Å². The van der Waals surface area contributed by atoms with Crippen molar-refractivity contribution in [2.45, 2.75) is 96.3 Å². The summed E-state index contributed by atoms with van der Waals surface area (Å²) >= 11 is 0. The van der Waals surface area contributed by atoms with Crippen molar-refractivity contribution in [2.24, 2.45) is 5.41 Å². The minimum Gasteiger partial charge on any atom is -0.496 e. The van der Waals surface area contributed by atoms with Gasteiger partial charge in [0.2, 0.25) is 17.7 Å². The standard InChI is InChI=1S/C30H45N7O4/c1-18(31-4)27(38)36-25(29(40)37-28(39)22-12-9-13-32-22)30(2,3)16-19-14-21-23(15-24(19)41-5)33-17-34-26(21)35-20-10-7-6-8-11-20/h14-15,17-18,20,22,25,31-32H,6-13,16H2,1-5H3,(H,36,38)(H,33,34,35)(H,37,39,40)/t18-,22-,25+/m0/s1. The van der Waals surface area contributed by atoms with E-state index >= 15 is 0 Å². The Bertz CT molecular complexity index is 1240. The highest BCUT2D eigenvalue weighted by Gasteiger charge is 2.39. The van der Waals surface area contributed by atoms with Crippen molar-refractivity contribution in [3.63, 3.8) is 0 Å². The summed E-state index contributed by atoms with van der Waals surface area (Å²) in [6.07, 6.45) is 9.38. The van der Waals surface area contributed by atoms with Crippen LogP contribution in [0.25, 0.3) is 10.9 Å². The van der Waals surface area contributed by atoms with Gasteiger partial charge in [0.1, 0.15) is 23.9 Å². The van der Waals surface area contributed by atoms with Crippen LogP contribution in [-0.2, 0) is 20.8 Å². The number of amides is 3. The predicted octanol–water partition coefficient (Wildman–Crippen LogP) is 2.44. The number of likely N-dealkylation sites (N-methyl/N-ethyl adjacent to an activating group) is 1. The average Bonchev–Trinajstić information content (AvgIpc) is 3.51. The number of methoxy groups -OCH3 is 1. The van der Waals surface area contributed by atoms with Gasteiger partial charge in [0, 0.05) is 17.5 Å². The Morgan fingerprint density at radius 3 is 2.49 bits per heavy atom. The zero-order valence-electron chi connectivity index (χ0n) is 24.9. The zero-order valence-corrected chi connectivity index (χ0v) is 24.9. The third kappa shape index (κ3) is 7.51. The Balaban J connectivity index is 1.64. The van der Waals surface area contributed by atoms with Gasteiger partial charge in [0.15, 0.2) is 0 Å². The zero-order chi connectivity index (χ0) is 29.6. The fourth-order valence-electron chi connectivity index (χ4n) is 5.81. The number of imide groups is 1. The molecular formula is C30H45N7O4. The van der Waals surface area contributed by atoms with E-state index in [2.05, 4.69) is 36.6 Å². The smallest absolute Gasteiger partial charge is 0.249 e. The summed E-state index contributed by atoms with van der Waals surface area (Å²) in [5.41, 5.74) is 0.810. The molecule has 11 heteroatoms. The molecule has 41 heavy (non-hydrogen) atoms. The fraction of sp³-hybridized carbons (Fsp3) is 0.633. The van der Waals surface area contributed by atoms with Gasteiger partial charge in [-0.05, 0) is 69.7 Å². The second-order valence-corrected chi connectivity index (χ2v) is 12.0. The van der Waals surface area contributed by atoms with E-state index in [4.69, 9.17) is 4.74 Å². The van der Waals surface area contributed by atoms with Crippen LogP contribution in [0.2, 0.25) is 0 Å². The van der Waals surface area contributed by atoms with Gasteiger partial charge < -0.3 is 26.0 Å². The maximum atomic E-state index is 13.6. The van der Waals surface area contributed by atoms with Gasteiger partial charge in [-0.3, -0.25) is 19.7 Å². The predicted molar refractivity (Wildman–Crippen MR) is 159 cm³/mol. The van der Waals surface area contributed by atoms with Gasteiger partial charge in [-0.1, -0.05) is 33.1 Å². The van der Waals surface area contributed by atoms with E-state index in [1.807, 2.05) is 26.0 Å². The number of benzene rings is 1. The van der Waals surface area contributed by atoms with E-state index in [9.17, 15) is 14.4 Å². The molecule has 2 heterocycles. The number of fused-ring (bicyclic) bond motifs is 1. The van der Waals surface area contributed by atoms with E-state index in [-0.39, 0.29) is 11.8 Å². The molecule has 224 valence electrons. The molecule has 1 aromatic carbocycles. The first kappa shape index (κ1) is 30.6. The minimum atomic E-state index is -0.983. The highest BCUT2D eigenvalue weighted by molar-refractivity contribution is 6.02. The number of nitrogens with one attached hydrogen (secondary N) is 5. The Kier molecular flexibility index (Phi) is 10.1. The van der Waals surface area contributed by atoms with Crippen LogP contribution >= 0.6 is 0 Å². The molecule has 11 nitrogen and oxygen atoms in total. The highest BCUT2D eigenvalue weighted by Crippen LogP contribution is 2.35. The Morgan fingerprint density at radius 1 is 1.07 bits per heavy atom. The molecule has 0 unspecified atom stereocenters. The van der Waals surface area contributed by atoms with Crippen molar-refractivity contribution in [2.75, 3.05) is 26.0 Å². The molecule has 1 aromatic heterocycles. The average molecular weight is 568 g/mol. The largest absolute Gasteiger partial charge is 0.496 e. The van der Waals surface area contributed by atoms with E-state index in [1.54, 1.807) is 27.4 Å². The molecule has 0 spiro atoms. The summed E-state index contributed by atoms with van der Waals surface area (Å²) in [4.78, 5) is 48.4. The molecule has 0 radical (unpaired) electrons. The topological polar surface area (TPSA) is 146 Å². The van der Waals surface area contributed by atoms with E-state index in [0.29, 0.717) is 24.6 Å². The molecule has 4 rings (SSSR count). The second kappa shape index (κ2) is 13.6. The van der Waals surface area contributed by atoms with Crippen molar-refractivity contribution in [1.29, 1.82) is 0 Å². The number of rotatable bonds is 11. The van der Waals surface area contributed by atoms with Crippen molar-refractivity contribution in [3.8, 4) is 5.75 Å². The number of carbonyl (C=O) groups excluding carboxylic acids is 3. The van der Waals surface area contributed by atoms with Crippen LogP contribution < -0.4 is 31.3 Å². The van der Waals surface area contributed by atoms with Crippen LogP contribution in [0.5, 0.6) is 5.75 Å². The van der Waals surface area contributed by atoms with Gasteiger partial charge in [-0.15, -0.1) is 0 Å². The normalized spacial score (nSPS) is 19.4. The van der Waals surface area contributed by atoms with Crippen LogP contribution in [0.1, 0.15) is 71.3 Å². The number of hydrogen-bond donors (Lipinski definition) is 5. The fourth-order valence-corrected chi connectivity index (χ4v) is 5.81. The summed E-state index contributed by atoms with van der Waals surface area (Å²) in [6, 6.07) is 2.36. The molecule has 1 aliphatic heterocycles. The SMILES string of the molecule is CN[C@@H](C)C(=O)N[C@H](C(=O)NC(=O)[C@@H]1CCCN1)C(C)(C)Cc1cc2c(NC3CCCCC3)ncnc2cc1OC. The second-order valence-electron chi connectivity index (χ2n) is 12.0. The van der Waals surface area contributed by atoms with E-state index < -0.39 is 29.4 Å². The van der Waals surface area contributed by atoms with Gasteiger partial charge in [-0.2, -0.15) is 0 Å². The number of hydrogen-bond acceptors (Lipinski definition) is 9. The molecule has 3 amide bonds. The van der Waals surface area contributed by atoms with E-state index in [1.165, 1.54) is 19.3 Å². The number of ether oxygens (including phenoxy) is 1. The summed E-state index contributed by atoms with van der Waals surface area (Å²) in [5, 5.41) is 16.0. The molecule has 2 fully saturated rings. The molecule has 3 atom stereocenters. The van der Waals surface area contributed by atoms with Crippen LogP contribution in [0.3, 0.4) is 0 Å². The lowest BCUT2D eigenvalue weighted by molar-refractivity contribution is -0.137. The summed E-state index contributed by atoms with van der Waals surface area (Å²) in [6.45, 7) is 6.27. The Labute approximate surface area is 242 Å². The lowest BCUT2D eigenvalue weighted by atomic mass is 9.77. The number of carbonyl (C=O) groups is 3. The van der Waals surface area contributed by atoms with Crippen LogP contribution in [0.4, 0.5) is 5.82 Å². The number of nitrogens with zero attached hydrogens (tertiary/aromatic N) is 2. The number of aromatic nitrogens is 2.